The Bertz CT molecular complexity index is 1840. The summed E-state index contributed by atoms with van der Waals surface area (Å²) in [7, 11) is 2.11. The summed E-state index contributed by atoms with van der Waals surface area (Å²) in [5.74, 6) is -1.18. The lowest BCUT2D eigenvalue weighted by atomic mass is 9.80. The molecule has 7 rings (SSSR count). The number of fused-ring (bicyclic) bond motifs is 7. The van der Waals surface area contributed by atoms with Gasteiger partial charge in [0.15, 0.2) is 0 Å². The summed E-state index contributed by atoms with van der Waals surface area (Å²) < 4.78 is 18.0. The minimum Gasteiger partial charge on any atom is -0.478 e. The van der Waals surface area contributed by atoms with Gasteiger partial charge in [-0.05, 0) is 57.5 Å². The third kappa shape index (κ3) is 4.35. The predicted molar refractivity (Wildman–Crippen MR) is 163 cm³/mol. The summed E-state index contributed by atoms with van der Waals surface area (Å²) in [5.41, 5.74) is 8.21. The highest BCUT2D eigenvalue weighted by Crippen LogP contribution is 2.47. The summed E-state index contributed by atoms with van der Waals surface area (Å²) in [5, 5.41) is 12.9. The molecule has 6 nitrogen and oxygen atoms in total. The molecule has 2 aromatic carbocycles. The van der Waals surface area contributed by atoms with Crippen LogP contribution in [0.1, 0.15) is 63.8 Å². The van der Waals surface area contributed by atoms with E-state index in [-0.39, 0.29) is 11.5 Å². The molecule has 0 amide bonds. The smallest absolute Gasteiger partial charge is 0.335 e. The zero-order chi connectivity index (χ0) is 28.4. The Hall–Kier alpha value is -3.62. The van der Waals surface area contributed by atoms with E-state index in [1.807, 2.05) is 19.9 Å². The highest BCUT2D eigenvalue weighted by molar-refractivity contribution is 7.15. The first-order chi connectivity index (χ1) is 19.8. The van der Waals surface area contributed by atoms with Crippen molar-refractivity contribution in [3.05, 3.63) is 69.9 Å². The quantitative estimate of drug-likeness (QED) is 0.241. The SMILES string of the molecule is Cc1nc(C)c(-c2ccc3ccc4c(c3n2)CN(C)CCn2c-4c(C3CCCCC3F)c3ccc(C(=O)O)cc32)s1. The lowest BCUT2D eigenvalue weighted by molar-refractivity contribution is 0.0697. The van der Waals surface area contributed by atoms with Gasteiger partial charge in [-0.25, -0.2) is 19.2 Å². The molecule has 8 heteroatoms. The van der Waals surface area contributed by atoms with E-state index in [9.17, 15) is 9.90 Å². The van der Waals surface area contributed by atoms with Crippen LogP contribution >= 0.6 is 11.3 Å². The molecule has 5 aromatic rings. The van der Waals surface area contributed by atoms with Gasteiger partial charge in [0.05, 0.1) is 38.0 Å². The highest BCUT2D eigenvalue weighted by Gasteiger charge is 2.34. The van der Waals surface area contributed by atoms with E-state index < -0.39 is 12.1 Å². The number of carboxylic acids is 1. The molecule has 1 saturated carbocycles. The molecule has 1 N–H and O–H groups in total. The van der Waals surface area contributed by atoms with E-state index in [1.165, 1.54) is 0 Å². The summed E-state index contributed by atoms with van der Waals surface area (Å²) in [4.78, 5) is 25.2. The van der Waals surface area contributed by atoms with Crippen LogP contribution in [0.25, 0.3) is 43.6 Å². The first-order valence-electron chi connectivity index (χ1n) is 14.4. The summed E-state index contributed by atoms with van der Waals surface area (Å²) in [6, 6.07) is 13.9. The second-order valence-electron chi connectivity index (χ2n) is 11.6. The average molecular weight is 569 g/mol. The number of aromatic carboxylic acids is 1. The lowest BCUT2D eigenvalue weighted by Crippen LogP contribution is -2.26. The maximum atomic E-state index is 15.7. The third-order valence-electron chi connectivity index (χ3n) is 8.89. The summed E-state index contributed by atoms with van der Waals surface area (Å²) >= 11 is 1.66. The van der Waals surface area contributed by atoms with Crippen molar-refractivity contribution < 1.29 is 14.3 Å². The number of thiazole rings is 1. The Morgan fingerprint density at radius 2 is 1.85 bits per heavy atom. The van der Waals surface area contributed by atoms with Gasteiger partial charge in [-0.15, -0.1) is 11.3 Å². The van der Waals surface area contributed by atoms with Crippen molar-refractivity contribution in [2.24, 2.45) is 0 Å². The fourth-order valence-electron chi connectivity index (χ4n) is 6.96. The van der Waals surface area contributed by atoms with Crippen LogP contribution in [0.4, 0.5) is 4.39 Å². The second kappa shape index (κ2) is 10.0. The molecule has 2 atom stereocenters. The zero-order valence-electron chi connectivity index (χ0n) is 23.6. The topological polar surface area (TPSA) is 71.2 Å². The number of likely N-dealkylation sites (N-methyl/N-ethyl adjacent to an activating group) is 1. The first-order valence-corrected chi connectivity index (χ1v) is 15.2. The summed E-state index contributed by atoms with van der Waals surface area (Å²) in [6.07, 6.45) is 2.34. The number of carbonyl (C=O) groups is 1. The van der Waals surface area contributed by atoms with Gasteiger partial charge in [-0.3, -0.25) is 0 Å². The number of hydrogen-bond donors (Lipinski definition) is 1. The number of nitrogens with zero attached hydrogens (tertiary/aromatic N) is 4. The normalized spacial score (nSPS) is 19.6. The van der Waals surface area contributed by atoms with Gasteiger partial charge in [-0.1, -0.05) is 37.1 Å². The van der Waals surface area contributed by atoms with Crippen LogP contribution in [-0.2, 0) is 13.1 Å². The van der Waals surface area contributed by atoms with Gasteiger partial charge in [0.2, 0.25) is 0 Å². The van der Waals surface area contributed by atoms with Crippen LogP contribution in [0.2, 0.25) is 0 Å². The Labute approximate surface area is 242 Å². The van der Waals surface area contributed by atoms with E-state index >= 15 is 4.39 Å². The molecule has 0 spiro atoms. The van der Waals surface area contributed by atoms with E-state index in [1.54, 1.807) is 23.5 Å². The maximum Gasteiger partial charge on any atom is 0.335 e. The molecule has 1 fully saturated rings. The number of rotatable bonds is 3. The number of halogens is 1. The summed E-state index contributed by atoms with van der Waals surface area (Å²) in [6.45, 7) is 6.24. The number of pyridine rings is 1. The van der Waals surface area contributed by atoms with Gasteiger partial charge in [-0.2, -0.15) is 0 Å². The van der Waals surface area contributed by atoms with Crippen molar-refractivity contribution in [3.8, 4) is 21.8 Å². The highest BCUT2D eigenvalue weighted by atomic mass is 32.1. The predicted octanol–water partition coefficient (Wildman–Crippen LogP) is 7.74. The second-order valence-corrected chi connectivity index (χ2v) is 12.8. The number of benzene rings is 2. The molecule has 0 saturated heterocycles. The number of carboxylic acid groups (broad SMARTS) is 1. The molecule has 3 aromatic heterocycles. The van der Waals surface area contributed by atoms with Crippen LogP contribution in [0.3, 0.4) is 0 Å². The molecular weight excluding hydrogens is 535 g/mol. The van der Waals surface area contributed by atoms with Crippen LogP contribution in [0, 0.1) is 13.8 Å². The van der Waals surface area contributed by atoms with Crippen molar-refractivity contribution in [2.75, 3.05) is 13.6 Å². The molecule has 1 aliphatic heterocycles. The van der Waals surface area contributed by atoms with Gasteiger partial charge in [0.25, 0.3) is 0 Å². The van der Waals surface area contributed by atoms with Crippen LogP contribution in [-0.4, -0.2) is 50.3 Å². The van der Waals surface area contributed by atoms with Crippen molar-refractivity contribution in [1.82, 2.24) is 19.4 Å². The van der Waals surface area contributed by atoms with E-state index in [0.717, 1.165) is 97.8 Å². The first kappa shape index (κ1) is 26.3. The molecule has 2 unspecified atom stereocenters. The number of hydrogen-bond acceptors (Lipinski definition) is 5. The molecule has 210 valence electrons. The Morgan fingerprint density at radius 1 is 1.05 bits per heavy atom. The van der Waals surface area contributed by atoms with Crippen molar-refractivity contribution in [1.29, 1.82) is 0 Å². The monoisotopic (exact) mass is 568 g/mol. The fraction of sp³-hybridized carbons (Fsp3) is 0.364. The van der Waals surface area contributed by atoms with Gasteiger partial charge >= 0.3 is 5.97 Å². The Kier molecular flexibility index (Phi) is 6.43. The minimum absolute atomic E-state index is 0.221. The number of alkyl halides is 1. The van der Waals surface area contributed by atoms with Gasteiger partial charge in [0, 0.05) is 53.0 Å². The van der Waals surface area contributed by atoms with Crippen LogP contribution in [0.5, 0.6) is 0 Å². The molecule has 41 heavy (non-hydrogen) atoms. The molecular formula is C33H33FN4O2S. The maximum absolute atomic E-state index is 15.7. The van der Waals surface area contributed by atoms with Crippen molar-refractivity contribution >= 4 is 39.1 Å². The molecule has 1 aliphatic carbocycles. The molecule has 0 radical (unpaired) electrons. The standard InChI is InChI=1S/C33H33FN4O2S/c1-18-32(41-19(2)35-18)27-13-10-20-8-11-22-25(30(20)36-27)17-37(3)14-15-38-28-16-21(33(39)40)9-12-24(28)29(31(22)38)23-6-4-5-7-26(23)34/h8-13,16,23,26H,4-7,14-15,17H2,1-3H3,(H,39,40). The largest absolute Gasteiger partial charge is 0.478 e. The zero-order valence-corrected chi connectivity index (χ0v) is 24.4. The molecule has 4 heterocycles. The van der Waals surface area contributed by atoms with E-state index in [4.69, 9.17) is 4.98 Å². The van der Waals surface area contributed by atoms with Gasteiger partial charge < -0.3 is 14.6 Å². The van der Waals surface area contributed by atoms with Crippen molar-refractivity contribution in [3.63, 3.8) is 0 Å². The van der Waals surface area contributed by atoms with E-state index in [2.05, 4.69) is 45.8 Å². The van der Waals surface area contributed by atoms with Crippen LogP contribution < -0.4 is 0 Å². The minimum atomic E-state index is -0.954. The Balaban J connectivity index is 1.55. The third-order valence-corrected chi connectivity index (χ3v) is 9.99. The van der Waals surface area contributed by atoms with Gasteiger partial charge in [0.1, 0.15) is 6.17 Å². The lowest BCUT2D eigenvalue weighted by Gasteiger charge is -2.30. The Morgan fingerprint density at radius 3 is 2.61 bits per heavy atom. The average Bonchev–Trinajstić information content (AvgIpc) is 3.46. The number of aryl methyl sites for hydroxylation is 2. The van der Waals surface area contributed by atoms with E-state index in [0.29, 0.717) is 13.0 Å². The van der Waals surface area contributed by atoms with Crippen LogP contribution in [0.15, 0.2) is 42.5 Å². The molecule has 2 aliphatic rings. The fourth-order valence-corrected chi connectivity index (χ4v) is 7.85. The van der Waals surface area contributed by atoms with Crippen molar-refractivity contribution in [2.45, 2.75) is 64.7 Å². The number of aromatic nitrogens is 3. The molecule has 0 bridgehead atoms.